The molecule has 0 saturated heterocycles. The van der Waals surface area contributed by atoms with E-state index in [2.05, 4.69) is 220 Å². The average Bonchev–Trinajstić information content (AvgIpc) is 3.80. The van der Waals surface area contributed by atoms with Crippen LogP contribution in [-0.2, 0) is 5.41 Å². The van der Waals surface area contributed by atoms with Crippen LogP contribution < -0.4 is 0 Å². The van der Waals surface area contributed by atoms with E-state index in [4.69, 9.17) is 0 Å². The van der Waals surface area contributed by atoms with Gasteiger partial charge in [0.15, 0.2) is 0 Å². The Bertz CT molecular complexity index is 3750. The number of rotatable bonds is 4. The number of hydrogen-bond acceptors (Lipinski definition) is 1. The summed E-state index contributed by atoms with van der Waals surface area (Å²) in [5.74, 6) is 0. The zero-order chi connectivity index (χ0) is 41.1. The van der Waals surface area contributed by atoms with Crippen LogP contribution in [-0.4, -0.2) is 0 Å². The van der Waals surface area contributed by atoms with Crippen molar-refractivity contribution in [1.29, 1.82) is 0 Å². The Hall–Kier alpha value is -7.32. The van der Waals surface area contributed by atoms with Gasteiger partial charge in [0.05, 0.1) is 0 Å². The monoisotopic (exact) mass is 804 g/mol. The topological polar surface area (TPSA) is 0 Å². The summed E-state index contributed by atoms with van der Waals surface area (Å²) in [6, 6.07) is 77.1. The van der Waals surface area contributed by atoms with Crippen molar-refractivity contribution in [1.82, 2.24) is 0 Å². The summed E-state index contributed by atoms with van der Waals surface area (Å²) < 4.78 is 2.75. The lowest BCUT2D eigenvalue weighted by Crippen LogP contribution is -2.14. The van der Waals surface area contributed by atoms with Gasteiger partial charge in [-0.05, 0) is 122 Å². The van der Waals surface area contributed by atoms with Gasteiger partial charge in [-0.2, -0.15) is 0 Å². The zero-order valence-corrected chi connectivity index (χ0v) is 35.4. The van der Waals surface area contributed by atoms with E-state index in [-0.39, 0.29) is 5.41 Å². The van der Waals surface area contributed by atoms with Crippen LogP contribution in [0.3, 0.4) is 0 Å². The SMILES string of the molecule is CC1(C)c2ccccc2-c2c1ccc1c2sc2cc3cc(-c4ccc(-c5c6ccccc6c(-c6ccc(-c7ccccc7)cc6)c6ccccc56)c5ccccc45)ccc3cc21. The molecule has 0 unspecified atom stereocenters. The molecule has 1 aromatic heterocycles. The highest BCUT2D eigenvalue weighted by Crippen LogP contribution is 2.54. The molecule has 1 aliphatic carbocycles. The molecule has 1 heterocycles. The van der Waals surface area contributed by atoms with Gasteiger partial charge >= 0.3 is 0 Å². The van der Waals surface area contributed by atoms with Gasteiger partial charge in [-0.15, -0.1) is 11.3 Å². The summed E-state index contributed by atoms with van der Waals surface area (Å²) in [6.45, 7) is 4.74. The summed E-state index contributed by atoms with van der Waals surface area (Å²) in [7, 11) is 0. The van der Waals surface area contributed by atoms with E-state index >= 15 is 0 Å². The number of benzene rings is 11. The highest BCUT2D eigenvalue weighted by atomic mass is 32.1. The molecule has 0 bridgehead atoms. The molecule has 0 nitrogen and oxygen atoms in total. The third-order valence-corrected chi connectivity index (χ3v) is 15.0. The summed E-state index contributed by atoms with van der Waals surface area (Å²) in [5.41, 5.74) is 15.7. The first kappa shape index (κ1) is 35.4. The average molecular weight is 805 g/mol. The second kappa shape index (κ2) is 13.3. The minimum atomic E-state index is -0.00617. The summed E-state index contributed by atoms with van der Waals surface area (Å²) in [6.07, 6.45) is 0. The highest BCUT2D eigenvalue weighted by Gasteiger charge is 2.36. The Morgan fingerprint density at radius 1 is 0.306 bits per heavy atom. The largest absolute Gasteiger partial charge is 0.134 e. The molecule has 11 aromatic carbocycles. The van der Waals surface area contributed by atoms with Crippen molar-refractivity contribution in [2.75, 3.05) is 0 Å². The lowest BCUT2D eigenvalue weighted by molar-refractivity contribution is 0.661. The van der Waals surface area contributed by atoms with Crippen molar-refractivity contribution in [3.8, 4) is 55.6 Å². The Morgan fingerprint density at radius 2 is 0.871 bits per heavy atom. The quantitative estimate of drug-likeness (QED) is 0.155. The van der Waals surface area contributed by atoms with Crippen LogP contribution in [0.25, 0.3) is 119 Å². The molecule has 290 valence electrons. The van der Waals surface area contributed by atoms with E-state index in [9.17, 15) is 0 Å². The number of thiophene rings is 1. The molecular formula is C61H40S. The van der Waals surface area contributed by atoms with Crippen LogP contribution in [0.15, 0.2) is 206 Å². The lowest BCUT2D eigenvalue weighted by atomic mass is 9.82. The summed E-state index contributed by atoms with van der Waals surface area (Å²) >= 11 is 1.95. The molecule has 0 fully saturated rings. The van der Waals surface area contributed by atoms with Crippen molar-refractivity contribution in [3.63, 3.8) is 0 Å². The van der Waals surface area contributed by atoms with Crippen LogP contribution in [0.2, 0.25) is 0 Å². The van der Waals surface area contributed by atoms with Gasteiger partial charge in [0.1, 0.15) is 0 Å². The van der Waals surface area contributed by atoms with Gasteiger partial charge in [-0.3, -0.25) is 0 Å². The summed E-state index contributed by atoms with van der Waals surface area (Å²) in [4.78, 5) is 0. The molecule has 1 aliphatic rings. The van der Waals surface area contributed by atoms with E-state index in [0.717, 1.165) is 0 Å². The molecule has 0 atom stereocenters. The highest BCUT2D eigenvalue weighted by molar-refractivity contribution is 7.26. The molecule has 0 N–H and O–H groups in total. The Labute approximate surface area is 365 Å². The van der Waals surface area contributed by atoms with Gasteiger partial charge in [0.2, 0.25) is 0 Å². The molecule has 0 spiro atoms. The molecule has 0 amide bonds. The molecule has 12 aromatic rings. The smallest absolute Gasteiger partial charge is 0.0437 e. The second-order valence-corrected chi connectivity index (χ2v) is 18.6. The Balaban J connectivity index is 0.962. The minimum absolute atomic E-state index is 0.00617. The Kier molecular flexibility index (Phi) is 7.62. The first-order valence-corrected chi connectivity index (χ1v) is 22.5. The van der Waals surface area contributed by atoms with Crippen LogP contribution in [0, 0.1) is 0 Å². The maximum atomic E-state index is 2.43. The molecule has 0 saturated carbocycles. The molecule has 62 heavy (non-hydrogen) atoms. The van der Waals surface area contributed by atoms with Crippen molar-refractivity contribution < 1.29 is 0 Å². The molecule has 0 radical (unpaired) electrons. The zero-order valence-electron chi connectivity index (χ0n) is 34.5. The van der Waals surface area contributed by atoms with Crippen LogP contribution >= 0.6 is 11.3 Å². The third kappa shape index (κ3) is 5.13. The van der Waals surface area contributed by atoms with E-state index in [1.807, 2.05) is 11.3 Å². The van der Waals surface area contributed by atoms with Crippen LogP contribution in [0.4, 0.5) is 0 Å². The van der Waals surface area contributed by atoms with Crippen LogP contribution in [0.5, 0.6) is 0 Å². The van der Waals surface area contributed by atoms with Gasteiger partial charge < -0.3 is 0 Å². The van der Waals surface area contributed by atoms with Gasteiger partial charge in [-0.25, -0.2) is 0 Å². The standard InChI is InChI=1S/C61H40S/c1-61(2)54-23-13-12-22-52(54)59-55(61)33-32-51-53-35-40-28-29-41(34-42(40)36-56(53)62-60(51)59)43-30-31-50(45-17-7-6-16-44(43)45)58-48-20-10-8-18-46(48)57(47-19-9-11-21-49(47)58)39-26-24-38(25-27-39)37-14-4-3-5-15-37/h3-36H,1-2H3. The lowest BCUT2D eigenvalue weighted by Gasteiger charge is -2.21. The van der Waals surface area contributed by atoms with E-state index in [0.29, 0.717) is 0 Å². The summed E-state index contributed by atoms with van der Waals surface area (Å²) in [5, 5.41) is 12.8. The fourth-order valence-electron chi connectivity index (χ4n) is 10.9. The van der Waals surface area contributed by atoms with Crippen molar-refractivity contribution >= 4 is 74.6 Å². The van der Waals surface area contributed by atoms with Crippen molar-refractivity contribution in [3.05, 3.63) is 217 Å². The molecule has 13 rings (SSSR count). The van der Waals surface area contributed by atoms with Gasteiger partial charge in [0.25, 0.3) is 0 Å². The van der Waals surface area contributed by atoms with E-state index in [1.165, 1.54) is 130 Å². The van der Waals surface area contributed by atoms with Gasteiger partial charge in [0, 0.05) is 31.2 Å². The predicted molar refractivity (Wildman–Crippen MR) is 269 cm³/mol. The fourth-order valence-corrected chi connectivity index (χ4v) is 12.2. The first-order valence-electron chi connectivity index (χ1n) is 21.7. The number of hydrogen-bond donors (Lipinski definition) is 0. The fraction of sp³-hybridized carbons (Fsp3) is 0.0492. The molecule has 0 aliphatic heterocycles. The minimum Gasteiger partial charge on any atom is -0.134 e. The predicted octanol–water partition coefficient (Wildman–Crippen LogP) is 17.6. The Morgan fingerprint density at radius 3 is 1.60 bits per heavy atom. The van der Waals surface area contributed by atoms with Gasteiger partial charge in [-0.1, -0.05) is 202 Å². The maximum Gasteiger partial charge on any atom is 0.0437 e. The van der Waals surface area contributed by atoms with Crippen molar-refractivity contribution in [2.24, 2.45) is 0 Å². The number of fused-ring (bicyclic) bond motifs is 11. The third-order valence-electron chi connectivity index (χ3n) is 13.9. The van der Waals surface area contributed by atoms with E-state index in [1.54, 1.807) is 0 Å². The maximum absolute atomic E-state index is 2.43. The molecular weight excluding hydrogens is 765 g/mol. The molecule has 1 heteroatoms. The second-order valence-electron chi connectivity index (χ2n) is 17.5. The normalized spacial score (nSPS) is 13.1. The van der Waals surface area contributed by atoms with Crippen molar-refractivity contribution in [2.45, 2.75) is 19.3 Å². The first-order chi connectivity index (χ1) is 30.5. The van der Waals surface area contributed by atoms with Crippen LogP contribution in [0.1, 0.15) is 25.0 Å². The van der Waals surface area contributed by atoms with E-state index < -0.39 is 0 Å².